The summed E-state index contributed by atoms with van der Waals surface area (Å²) in [5.41, 5.74) is 0.488. The number of nitrogens with zero attached hydrogens (tertiary/aromatic N) is 6. The zero-order chi connectivity index (χ0) is 22.9. The first-order valence-electron chi connectivity index (χ1n) is 10.1. The molecule has 1 fully saturated rings. The van der Waals surface area contributed by atoms with Crippen LogP contribution in [0.2, 0.25) is 5.02 Å². The van der Waals surface area contributed by atoms with Crippen LogP contribution in [0.4, 0.5) is 10.3 Å². The van der Waals surface area contributed by atoms with E-state index in [0.29, 0.717) is 21.5 Å². The van der Waals surface area contributed by atoms with Crippen LogP contribution in [-0.2, 0) is 0 Å². The van der Waals surface area contributed by atoms with Crippen molar-refractivity contribution in [2.75, 3.05) is 5.32 Å². The summed E-state index contributed by atoms with van der Waals surface area (Å²) in [6.45, 7) is 4.03. The number of rotatable bonds is 2. The number of H-pyrrole nitrogens is 1. The first-order valence-corrected chi connectivity index (χ1v) is 10.5. The van der Waals surface area contributed by atoms with Crippen molar-refractivity contribution in [2.45, 2.75) is 24.9 Å². The fraction of sp³-hybridized carbons (Fsp3) is 0.190. The molecular weight excluding hydrogens is 451 g/mol. The number of hydrogen-bond donors (Lipinski definition) is 3. The Hall–Kier alpha value is -3.99. The van der Waals surface area contributed by atoms with Gasteiger partial charge in [-0.3, -0.25) is 9.55 Å². The molecule has 1 aliphatic carbocycles. The fourth-order valence-corrected chi connectivity index (χ4v) is 4.01. The maximum Gasteiger partial charge on any atom is 0.333 e. The minimum Gasteiger partial charge on any atom is -0.493 e. The van der Waals surface area contributed by atoms with Crippen LogP contribution in [0.25, 0.3) is 17.4 Å². The molecule has 1 aliphatic heterocycles. The van der Waals surface area contributed by atoms with Crippen LogP contribution in [-0.4, -0.2) is 40.3 Å². The van der Waals surface area contributed by atoms with E-state index < -0.39 is 17.5 Å². The number of nitrogens with one attached hydrogen (secondary N) is 2. The number of anilines is 1. The molecule has 0 spiro atoms. The molecule has 0 amide bonds. The van der Waals surface area contributed by atoms with Crippen molar-refractivity contribution in [1.82, 2.24) is 29.1 Å². The summed E-state index contributed by atoms with van der Waals surface area (Å²) in [4.78, 5) is 28.7. The third-order valence-corrected chi connectivity index (χ3v) is 5.83. The highest BCUT2D eigenvalue weighted by Gasteiger charge is 2.27. The van der Waals surface area contributed by atoms with Crippen LogP contribution >= 0.6 is 11.6 Å². The maximum atomic E-state index is 14.9. The van der Waals surface area contributed by atoms with Crippen LogP contribution in [0, 0.1) is 5.82 Å². The molecule has 1 saturated carbocycles. The number of benzene rings is 1. The summed E-state index contributed by atoms with van der Waals surface area (Å²) in [5.74, 6) is -0.787. The monoisotopic (exact) mass is 466 g/mol. The van der Waals surface area contributed by atoms with Gasteiger partial charge in [-0.05, 0) is 37.1 Å². The van der Waals surface area contributed by atoms with E-state index in [4.69, 9.17) is 11.6 Å². The van der Waals surface area contributed by atoms with Crippen molar-refractivity contribution < 1.29 is 9.50 Å². The highest BCUT2D eigenvalue weighted by molar-refractivity contribution is 6.30. The van der Waals surface area contributed by atoms with E-state index in [-0.39, 0.29) is 34.8 Å². The van der Waals surface area contributed by atoms with Crippen molar-refractivity contribution >= 4 is 35.0 Å². The van der Waals surface area contributed by atoms with Gasteiger partial charge in [0.25, 0.3) is 5.62 Å². The summed E-state index contributed by atoms with van der Waals surface area (Å²) >= 11 is 6.14. The second-order valence-corrected chi connectivity index (χ2v) is 8.36. The molecule has 2 bridgehead atoms. The molecule has 12 heteroatoms. The van der Waals surface area contributed by atoms with E-state index in [0.717, 1.165) is 17.4 Å². The summed E-state index contributed by atoms with van der Waals surface area (Å²) < 4.78 is 17.6. The molecule has 0 saturated heterocycles. The standard InChI is InChI=1S/C21H16ClFN8O2/c1-9-16(13-7-11(22)2-5-14(13)23)26-19-27-17-10(6-15-18(32)28-21(33)30(9)15)8-24-31(17)20(29-19)25-12-3-4-12/h2,5-8,12,16,32H,1,3-4H2,(H,28,33)(H,25,26,29)/t16-/m0/s1. The number of aromatic hydroxyl groups is 1. The molecule has 1 atom stereocenters. The molecule has 6 rings (SSSR count). The van der Waals surface area contributed by atoms with Crippen LogP contribution in [0.5, 0.6) is 5.88 Å². The first-order chi connectivity index (χ1) is 15.9. The summed E-state index contributed by atoms with van der Waals surface area (Å²) in [7, 11) is 0. The number of aromatic nitrogens is 6. The molecule has 33 heavy (non-hydrogen) atoms. The Kier molecular flexibility index (Phi) is 4.18. The molecule has 1 aromatic carbocycles. The number of aromatic amines is 1. The molecule has 0 radical (unpaired) electrons. The Labute approximate surface area is 189 Å². The van der Waals surface area contributed by atoms with Gasteiger partial charge in [0.2, 0.25) is 11.8 Å². The largest absolute Gasteiger partial charge is 0.493 e. The van der Waals surface area contributed by atoms with E-state index in [1.165, 1.54) is 22.7 Å². The van der Waals surface area contributed by atoms with Gasteiger partial charge >= 0.3 is 5.69 Å². The first kappa shape index (κ1) is 19.7. The van der Waals surface area contributed by atoms with Crippen LogP contribution in [0.3, 0.4) is 0 Å². The Morgan fingerprint density at radius 1 is 1.30 bits per heavy atom. The van der Waals surface area contributed by atoms with Crippen molar-refractivity contribution in [3.05, 3.63) is 74.4 Å². The average Bonchev–Trinajstić information content (AvgIpc) is 3.43. The molecule has 4 aromatic rings. The Bertz CT molecular complexity index is 1650. The lowest BCUT2D eigenvalue weighted by atomic mass is 10.0. The zero-order valence-electron chi connectivity index (χ0n) is 17.0. The van der Waals surface area contributed by atoms with E-state index in [9.17, 15) is 14.3 Å². The van der Waals surface area contributed by atoms with Gasteiger partial charge in [0.05, 0.1) is 18.3 Å². The average molecular weight is 467 g/mol. The number of fused-ring (bicyclic) bond motifs is 2. The predicted molar refractivity (Wildman–Crippen MR) is 118 cm³/mol. The van der Waals surface area contributed by atoms with Gasteiger partial charge in [0.15, 0.2) is 5.65 Å². The number of imidazole rings is 1. The second kappa shape index (κ2) is 7.01. The fourth-order valence-electron chi connectivity index (χ4n) is 3.83. The van der Waals surface area contributed by atoms with Crippen LogP contribution in [0.15, 0.2) is 40.8 Å². The van der Waals surface area contributed by atoms with Gasteiger partial charge in [-0.15, -0.1) is 0 Å². The molecule has 2 aliphatic rings. The maximum absolute atomic E-state index is 14.9. The molecular formula is C21H16ClFN8O2. The number of hydrogen-bond acceptors (Lipinski definition) is 7. The quantitative estimate of drug-likeness (QED) is 0.409. The minimum atomic E-state index is -0.996. The molecule has 0 unspecified atom stereocenters. The van der Waals surface area contributed by atoms with E-state index in [1.54, 1.807) is 12.3 Å². The van der Waals surface area contributed by atoms with Gasteiger partial charge in [0.1, 0.15) is 11.5 Å². The van der Waals surface area contributed by atoms with Crippen LogP contribution in [0.1, 0.15) is 30.1 Å². The third-order valence-electron chi connectivity index (χ3n) is 5.59. The minimum absolute atomic E-state index is 0.122. The van der Waals surface area contributed by atoms with Gasteiger partial charge in [0, 0.05) is 21.5 Å². The topological polar surface area (TPSA) is 125 Å². The lowest BCUT2D eigenvalue weighted by Crippen LogP contribution is -2.29. The van der Waals surface area contributed by atoms with Gasteiger partial charge in [-0.1, -0.05) is 18.2 Å². The summed E-state index contributed by atoms with van der Waals surface area (Å²) in [6.07, 6.45) is 5.02. The third kappa shape index (κ3) is 3.20. The molecule has 4 heterocycles. The Morgan fingerprint density at radius 3 is 2.91 bits per heavy atom. The van der Waals surface area contributed by atoms with Crippen LogP contribution < -0.4 is 21.8 Å². The highest BCUT2D eigenvalue weighted by atomic mass is 35.5. The van der Waals surface area contributed by atoms with Crippen molar-refractivity contribution in [2.24, 2.45) is 4.99 Å². The summed E-state index contributed by atoms with van der Waals surface area (Å²) in [6, 6.07) is 3.25. The van der Waals surface area contributed by atoms with Gasteiger partial charge < -0.3 is 10.4 Å². The van der Waals surface area contributed by atoms with E-state index in [2.05, 4.69) is 36.9 Å². The van der Waals surface area contributed by atoms with Crippen molar-refractivity contribution in [1.29, 1.82) is 0 Å². The van der Waals surface area contributed by atoms with Crippen molar-refractivity contribution in [3.63, 3.8) is 0 Å². The van der Waals surface area contributed by atoms with Gasteiger partial charge in [-0.2, -0.15) is 19.6 Å². The SMILES string of the molecule is C=C1[C@@H](c2cc(Cl)ccc2F)Nc2nc(=NC3CC3)n3ncc(c3n2)=Cc2c(O)[nH]c(=O)n21. The Morgan fingerprint density at radius 2 is 2.12 bits per heavy atom. The molecule has 166 valence electrons. The molecule has 3 aromatic heterocycles. The molecule has 10 nitrogen and oxygen atoms in total. The smallest absolute Gasteiger partial charge is 0.333 e. The zero-order valence-corrected chi connectivity index (χ0v) is 17.7. The van der Waals surface area contributed by atoms with Gasteiger partial charge in [-0.25, -0.2) is 14.2 Å². The van der Waals surface area contributed by atoms with E-state index >= 15 is 0 Å². The predicted octanol–water partition coefficient (Wildman–Crippen LogP) is 1.36. The Balaban J connectivity index is 1.70. The highest BCUT2D eigenvalue weighted by Crippen LogP contribution is 2.32. The van der Waals surface area contributed by atoms with E-state index in [1.807, 2.05) is 0 Å². The molecule has 3 N–H and O–H groups in total. The van der Waals surface area contributed by atoms with Crippen molar-refractivity contribution in [3.8, 4) is 5.88 Å². The number of halogens is 2. The lowest BCUT2D eigenvalue weighted by molar-refractivity contribution is 0.454. The summed E-state index contributed by atoms with van der Waals surface area (Å²) in [5, 5.41) is 18.7. The lowest BCUT2D eigenvalue weighted by Gasteiger charge is -2.23. The normalized spacial score (nSPS) is 18.3. The second-order valence-electron chi connectivity index (χ2n) is 7.92.